The molecule has 0 aliphatic heterocycles. The summed E-state index contributed by atoms with van der Waals surface area (Å²) in [6.45, 7) is 0. The van der Waals surface area contributed by atoms with Gasteiger partial charge < -0.3 is 21.4 Å². The van der Waals surface area contributed by atoms with Gasteiger partial charge in [0.15, 0.2) is 5.78 Å². The van der Waals surface area contributed by atoms with Crippen molar-refractivity contribution in [2.45, 2.75) is 12.5 Å². The molecule has 0 aromatic heterocycles. The molecule has 0 heterocycles. The van der Waals surface area contributed by atoms with E-state index < -0.39 is 17.8 Å². The van der Waals surface area contributed by atoms with Crippen LogP contribution in [-0.2, 0) is 4.79 Å². The van der Waals surface area contributed by atoms with Crippen LogP contribution in [0.5, 0.6) is 0 Å². The summed E-state index contributed by atoms with van der Waals surface area (Å²) < 4.78 is 0. The largest absolute Gasteiger partial charge is 0.548 e. The van der Waals surface area contributed by atoms with Gasteiger partial charge in [-0.05, 0) is 12.1 Å². The summed E-state index contributed by atoms with van der Waals surface area (Å²) in [7, 11) is 0. The summed E-state index contributed by atoms with van der Waals surface area (Å²) in [5, 5.41) is 10.3. The van der Waals surface area contributed by atoms with Gasteiger partial charge in [-0.2, -0.15) is 0 Å². The molecule has 0 aliphatic carbocycles. The van der Waals surface area contributed by atoms with Crippen molar-refractivity contribution >= 4 is 17.4 Å². The van der Waals surface area contributed by atoms with E-state index in [-0.39, 0.29) is 12.0 Å². The first-order chi connectivity index (χ1) is 7.02. The number of rotatable bonds is 4. The number of carbonyl (C=O) groups excluding carboxylic acids is 2. The Kier molecular flexibility index (Phi) is 3.41. The molecule has 1 rings (SSSR count). The van der Waals surface area contributed by atoms with Crippen LogP contribution < -0.4 is 16.6 Å². The maximum absolute atomic E-state index is 11.5. The smallest absolute Gasteiger partial charge is 0.166 e. The number of carboxylic acids is 1. The van der Waals surface area contributed by atoms with E-state index in [4.69, 9.17) is 11.5 Å². The fourth-order valence-electron chi connectivity index (χ4n) is 1.14. The molecule has 5 heteroatoms. The summed E-state index contributed by atoms with van der Waals surface area (Å²) >= 11 is 0. The lowest BCUT2D eigenvalue weighted by Gasteiger charge is -2.12. The molecule has 0 amide bonds. The Bertz CT molecular complexity index is 390. The molecule has 4 N–H and O–H groups in total. The first kappa shape index (κ1) is 11.2. The van der Waals surface area contributed by atoms with Crippen molar-refractivity contribution in [3.8, 4) is 0 Å². The Balaban J connectivity index is 2.78. The SMILES string of the molecule is Nc1ccccc1C(=O)CC(N)C(=O)[O-]. The third-order valence-electron chi connectivity index (χ3n) is 1.97. The van der Waals surface area contributed by atoms with E-state index in [2.05, 4.69) is 0 Å². The van der Waals surface area contributed by atoms with Crippen molar-refractivity contribution in [2.75, 3.05) is 5.73 Å². The highest BCUT2D eigenvalue weighted by atomic mass is 16.4. The zero-order valence-electron chi connectivity index (χ0n) is 7.97. The van der Waals surface area contributed by atoms with E-state index in [0.29, 0.717) is 5.69 Å². The van der Waals surface area contributed by atoms with E-state index in [1.807, 2.05) is 0 Å². The lowest BCUT2D eigenvalue weighted by Crippen LogP contribution is -2.43. The fraction of sp³-hybridized carbons (Fsp3) is 0.200. The lowest BCUT2D eigenvalue weighted by molar-refractivity contribution is -0.307. The second-order valence-corrected chi connectivity index (χ2v) is 3.14. The van der Waals surface area contributed by atoms with Gasteiger partial charge in [0.2, 0.25) is 0 Å². The third-order valence-corrected chi connectivity index (χ3v) is 1.97. The molecule has 1 aromatic rings. The van der Waals surface area contributed by atoms with Crippen molar-refractivity contribution < 1.29 is 14.7 Å². The number of benzene rings is 1. The highest BCUT2D eigenvalue weighted by Crippen LogP contribution is 2.13. The molecule has 1 aromatic carbocycles. The number of hydrogen-bond acceptors (Lipinski definition) is 5. The number of para-hydroxylation sites is 1. The molecule has 0 bridgehead atoms. The van der Waals surface area contributed by atoms with Crippen LogP contribution in [0.4, 0.5) is 5.69 Å². The summed E-state index contributed by atoms with van der Waals surface area (Å²) in [6.07, 6.45) is -0.309. The molecule has 0 aliphatic rings. The molecule has 0 spiro atoms. The van der Waals surface area contributed by atoms with Gasteiger partial charge in [0.1, 0.15) is 0 Å². The fourth-order valence-corrected chi connectivity index (χ4v) is 1.14. The molecular weight excluding hydrogens is 196 g/mol. The lowest BCUT2D eigenvalue weighted by atomic mass is 10.0. The van der Waals surface area contributed by atoms with Crippen molar-refractivity contribution in [2.24, 2.45) is 5.73 Å². The highest BCUT2D eigenvalue weighted by molar-refractivity contribution is 6.02. The van der Waals surface area contributed by atoms with Gasteiger partial charge in [-0.1, -0.05) is 12.1 Å². The highest BCUT2D eigenvalue weighted by Gasteiger charge is 2.14. The molecular formula is C10H11N2O3-. The van der Waals surface area contributed by atoms with Crippen LogP contribution in [0.1, 0.15) is 16.8 Å². The Labute approximate surface area is 86.7 Å². The number of Topliss-reactive ketones (excluding diaryl/α,β-unsaturated/α-hetero) is 1. The van der Waals surface area contributed by atoms with E-state index in [0.717, 1.165) is 0 Å². The first-order valence-electron chi connectivity index (χ1n) is 4.36. The Morgan fingerprint density at radius 2 is 1.93 bits per heavy atom. The van der Waals surface area contributed by atoms with Gasteiger partial charge in [-0.25, -0.2) is 0 Å². The van der Waals surface area contributed by atoms with Crippen LogP contribution in [0.25, 0.3) is 0 Å². The van der Waals surface area contributed by atoms with E-state index in [9.17, 15) is 14.7 Å². The minimum Gasteiger partial charge on any atom is -0.548 e. The van der Waals surface area contributed by atoms with Crippen LogP contribution in [0, 0.1) is 0 Å². The number of carboxylic acid groups (broad SMARTS) is 1. The first-order valence-corrected chi connectivity index (χ1v) is 4.36. The van der Waals surface area contributed by atoms with Crippen molar-refractivity contribution in [3.63, 3.8) is 0 Å². The molecule has 0 fully saturated rings. The van der Waals surface area contributed by atoms with Crippen LogP contribution >= 0.6 is 0 Å². The average molecular weight is 207 g/mol. The Hall–Kier alpha value is -1.88. The monoisotopic (exact) mass is 207 g/mol. The van der Waals surface area contributed by atoms with Gasteiger partial charge in [-0.15, -0.1) is 0 Å². The Morgan fingerprint density at radius 1 is 1.33 bits per heavy atom. The molecule has 1 unspecified atom stereocenters. The number of carbonyl (C=O) groups is 2. The summed E-state index contributed by atoms with van der Waals surface area (Å²) in [4.78, 5) is 21.9. The molecule has 1 atom stereocenters. The van der Waals surface area contributed by atoms with Crippen molar-refractivity contribution in [1.82, 2.24) is 0 Å². The van der Waals surface area contributed by atoms with Gasteiger partial charge in [-0.3, -0.25) is 4.79 Å². The van der Waals surface area contributed by atoms with Gasteiger partial charge in [0, 0.05) is 17.7 Å². The number of aliphatic carboxylic acids is 1. The average Bonchev–Trinajstić information content (AvgIpc) is 2.18. The van der Waals surface area contributed by atoms with E-state index >= 15 is 0 Å². The standard InChI is InChI=1S/C10H12N2O3/c11-7-4-2-1-3-6(7)9(13)5-8(12)10(14)15/h1-4,8H,5,11-12H2,(H,14,15)/p-1. The van der Waals surface area contributed by atoms with Gasteiger partial charge in [0.25, 0.3) is 0 Å². The normalized spacial score (nSPS) is 12.1. The molecule has 0 radical (unpaired) electrons. The zero-order valence-corrected chi connectivity index (χ0v) is 7.97. The minimum atomic E-state index is -1.45. The Morgan fingerprint density at radius 3 is 2.47 bits per heavy atom. The second-order valence-electron chi connectivity index (χ2n) is 3.14. The molecule has 80 valence electrons. The molecule has 5 nitrogen and oxygen atoms in total. The molecule has 0 saturated carbocycles. The number of nitrogens with two attached hydrogens (primary N) is 2. The molecule has 0 saturated heterocycles. The van der Waals surface area contributed by atoms with Gasteiger partial charge in [0.05, 0.1) is 12.0 Å². The number of ketones is 1. The predicted molar refractivity (Wildman–Crippen MR) is 52.8 cm³/mol. The summed E-state index contributed by atoms with van der Waals surface area (Å²) in [6, 6.07) is 5.13. The number of nitrogen functional groups attached to an aromatic ring is 1. The van der Waals surface area contributed by atoms with Gasteiger partial charge >= 0.3 is 0 Å². The van der Waals surface area contributed by atoms with Crippen LogP contribution in [-0.4, -0.2) is 17.8 Å². The minimum absolute atomic E-state index is 0.286. The number of hydrogen-bond donors (Lipinski definition) is 2. The second kappa shape index (κ2) is 4.56. The number of anilines is 1. The molecule has 15 heavy (non-hydrogen) atoms. The van der Waals surface area contributed by atoms with Crippen LogP contribution in [0.15, 0.2) is 24.3 Å². The summed E-state index contributed by atoms with van der Waals surface area (Å²) in [5.74, 6) is -1.84. The van der Waals surface area contributed by atoms with Crippen molar-refractivity contribution in [3.05, 3.63) is 29.8 Å². The zero-order chi connectivity index (χ0) is 11.4. The maximum Gasteiger partial charge on any atom is 0.166 e. The quantitative estimate of drug-likeness (QED) is 0.482. The van der Waals surface area contributed by atoms with E-state index in [1.165, 1.54) is 6.07 Å². The maximum atomic E-state index is 11.5. The van der Waals surface area contributed by atoms with Crippen LogP contribution in [0.3, 0.4) is 0 Å². The summed E-state index contributed by atoms with van der Waals surface area (Å²) in [5.41, 5.74) is 11.3. The topological polar surface area (TPSA) is 109 Å². The van der Waals surface area contributed by atoms with Crippen molar-refractivity contribution in [1.29, 1.82) is 0 Å². The predicted octanol–water partition coefficient (Wildman–Crippen LogP) is -1.08. The third kappa shape index (κ3) is 2.78. The van der Waals surface area contributed by atoms with Crippen LogP contribution in [0.2, 0.25) is 0 Å². The van der Waals surface area contributed by atoms with E-state index in [1.54, 1.807) is 18.2 Å².